The van der Waals surface area contributed by atoms with Gasteiger partial charge in [0.2, 0.25) is 23.5 Å². The summed E-state index contributed by atoms with van der Waals surface area (Å²) < 4.78 is 0. The standard InChI is InChI=1S/C36H53N7O6/c1-20(2)25(41-29(46)23-18-38-14-15-39-23)31(48)42-27(33(3,4)5)32(49)43-19-36(34(6,7)35(36)12-9-13-35)17-24(43)30(47)40-22(26(44)28(37)45)16-21-10-8-11-21/h14-15,18,20-22,24-25,27H,8-13,16-17,19H2,1-7H3,(H2,37,45)(H,40,47)(H,41,46)(H,42,48)/t22?,24-,25-,27+,36+/m0/s1. The summed E-state index contributed by atoms with van der Waals surface area (Å²) in [5.74, 6) is -4.05. The van der Waals surface area contributed by atoms with E-state index < -0.39 is 64.9 Å². The van der Waals surface area contributed by atoms with Crippen LogP contribution < -0.4 is 21.7 Å². The van der Waals surface area contributed by atoms with E-state index in [1.54, 1.807) is 18.7 Å². The van der Waals surface area contributed by atoms with Gasteiger partial charge in [0, 0.05) is 24.4 Å². The van der Waals surface area contributed by atoms with Gasteiger partial charge < -0.3 is 26.6 Å². The van der Waals surface area contributed by atoms with Gasteiger partial charge in [0.1, 0.15) is 23.8 Å². The van der Waals surface area contributed by atoms with Crippen LogP contribution in [0.15, 0.2) is 18.6 Å². The molecule has 3 saturated carbocycles. The fraction of sp³-hybridized carbons (Fsp3) is 0.722. The van der Waals surface area contributed by atoms with Gasteiger partial charge in [-0.15, -0.1) is 0 Å². The average Bonchev–Trinajstić information content (AvgIpc) is 3.21. The molecular formula is C36H53N7O6. The van der Waals surface area contributed by atoms with Crippen LogP contribution in [0.5, 0.6) is 0 Å². The van der Waals surface area contributed by atoms with E-state index in [1.165, 1.54) is 18.6 Å². The lowest BCUT2D eigenvalue weighted by Crippen LogP contribution is -2.61. The molecule has 4 fully saturated rings. The number of ketones is 1. The molecule has 5 rings (SSSR count). The van der Waals surface area contributed by atoms with Crippen LogP contribution in [-0.4, -0.2) is 80.9 Å². The molecule has 1 aromatic rings. The Hall–Kier alpha value is -3.90. The Morgan fingerprint density at radius 1 is 0.980 bits per heavy atom. The third kappa shape index (κ3) is 6.33. The summed E-state index contributed by atoms with van der Waals surface area (Å²) in [6.07, 6.45) is 10.9. The highest BCUT2D eigenvalue weighted by Crippen LogP contribution is 2.88. The number of fused-ring (bicyclic) bond motifs is 1. The molecule has 5 atom stereocenters. The first-order chi connectivity index (χ1) is 22.9. The van der Waals surface area contributed by atoms with Crippen molar-refractivity contribution in [2.45, 2.75) is 124 Å². The third-order valence-electron chi connectivity index (χ3n) is 12.5. The fourth-order valence-corrected chi connectivity index (χ4v) is 9.01. The Morgan fingerprint density at radius 2 is 1.65 bits per heavy atom. The first-order valence-corrected chi connectivity index (χ1v) is 17.7. The number of hydrogen-bond acceptors (Lipinski definition) is 8. The zero-order valence-electron chi connectivity index (χ0n) is 29.9. The largest absolute Gasteiger partial charge is 0.363 e. The van der Waals surface area contributed by atoms with Gasteiger partial charge in [-0.2, -0.15) is 0 Å². The second-order valence-corrected chi connectivity index (χ2v) is 16.7. The molecule has 4 aliphatic rings. The fourth-order valence-electron chi connectivity index (χ4n) is 9.01. The number of likely N-dealkylation sites (tertiary alicyclic amines) is 1. The molecule has 49 heavy (non-hydrogen) atoms. The molecule has 268 valence electrons. The van der Waals surface area contributed by atoms with Crippen LogP contribution in [0.3, 0.4) is 0 Å². The number of nitrogens with zero attached hydrogens (tertiary/aromatic N) is 3. The molecule has 13 heteroatoms. The van der Waals surface area contributed by atoms with E-state index >= 15 is 0 Å². The molecule has 3 aliphatic carbocycles. The maximum atomic E-state index is 14.8. The quantitative estimate of drug-likeness (QED) is 0.242. The number of hydrogen-bond donors (Lipinski definition) is 4. The summed E-state index contributed by atoms with van der Waals surface area (Å²) in [5, 5.41) is 8.51. The minimum Gasteiger partial charge on any atom is -0.363 e. The second kappa shape index (κ2) is 13.1. The lowest BCUT2D eigenvalue weighted by Gasteiger charge is -2.37. The van der Waals surface area contributed by atoms with Gasteiger partial charge in [0.25, 0.3) is 11.8 Å². The number of aromatic nitrogens is 2. The minimum absolute atomic E-state index is 0.00969. The SMILES string of the molecule is CC(C)[C@H](NC(=O)c1cnccn1)C(=O)N[C@H](C(=O)N1C[C@]2(C[C@H]1C(=O)NC(CC1CCC1)C(=O)C(N)=O)C(C)(C)C21CCC1)C(C)(C)C. The number of primary amides is 1. The molecule has 2 heterocycles. The zero-order chi connectivity index (χ0) is 36.1. The Balaban J connectivity index is 1.42. The predicted octanol–water partition coefficient (Wildman–Crippen LogP) is 2.29. The number of Topliss-reactive ketones (excluding diaryl/α,β-unsaturated/α-hetero) is 1. The molecule has 5 N–H and O–H groups in total. The molecule has 0 aromatic carbocycles. The lowest BCUT2D eigenvalue weighted by molar-refractivity contribution is -0.145. The monoisotopic (exact) mass is 679 g/mol. The maximum absolute atomic E-state index is 14.8. The van der Waals surface area contributed by atoms with Crippen molar-refractivity contribution in [1.82, 2.24) is 30.8 Å². The average molecular weight is 680 g/mol. The van der Waals surface area contributed by atoms with Crippen LogP contribution in [0.2, 0.25) is 0 Å². The molecule has 1 aliphatic heterocycles. The van der Waals surface area contributed by atoms with E-state index in [0.717, 1.165) is 38.5 Å². The van der Waals surface area contributed by atoms with Gasteiger partial charge in [0.05, 0.1) is 12.2 Å². The lowest BCUT2D eigenvalue weighted by atomic mass is 9.73. The van der Waals surface area contributed by atoms with Crippen molar-refractivity contribution < 1.29 is 28.8 Å². The van der Waals surface area contributed by atoms with Gasteiger partial charge in [0.15, 0.2) is 0 Å². The number of amides is 5. The number of carbonyl (C=O) groups is 6. The highest BCUT2D eigenvalue weighted by atomic mass is 16.2. The van der Waals surface area contributed by atoms with E-state index in [4.69, 9.17) is 5.73 Å². The molecule has 1 aromatic heterocycles. The molecule has 13 nitrogen and oxygen atoms in total. The first-order valence-electron chi connectivity index (χ1n) is 17.7. The normalized spacial score (nSPS) is 25.5. The minimum atomic E-state index is -1.10. The summed E-state index contributed by atoms with van der Waals surface area (Å²) >= 11 is 0. The van der Waals surface area contributed by atoms with E-state index in [-0.39, 0.29) is 33.8 Å². The Morgan fingerprint density at radius 3 is 2.12 bits per heavy atom. The van der Waals surface area contributed by atoms with Gasteiger partial charge in [-0.3, -0.25) is 33.8 Å². The number of nitrogens with one attached hydrogen (secondary N) is 3. The summed E-state index contributed by atoms with van der Waals surface area (Å²) in [6, 6.07) is -3.99. The molecule has 5 amide bonds. The summed E-state index contributed by atoms with van der Waals surface area (Å²) in [7, 11) is 0. The van der Waals surface area contributed by atoms with E-state index in [2.05, 4.69) is 39.8 Å². The van der Waals surface area contributed by atoms with Gasteiger partial charge in [-0.25, -0.2) is 4.98 Å². The van der Waals surface area contributed by atoms with E-state index in [0.29, 0.717) is 19.4 Å². The molecule has 0 bridgehead atoms. The second-order valence-electron chi connectivity index (χ2n) is 16.7. The molecular weight excluding hydrogens is 626 g/mol. The van der Waals surface area contributed by atoms with Gasteiger partial charge in [-0.05, 0) is 53.8 Å². The van der Waals surface area contributed by atoms with Crippen molar-refractivity contribution >= 4 is 35.3 Å². The van der Waals surface area contributed by atoms with E-state index in [9.17, 15) is 28.8 Å². The van der Waals surface area contributed by atoms with Crippen molar-refractivity contribution in [2.75, 3.05) is 6.54 Å². The Kier molecular flexibility index (Phi) is 9.72. The van der Waals surface area contributed by atoms with Crippen molar-refractivity contribution in [1.29, 1.82) is 0 Å². The topological polar surface area (TPSA) is 194 Å². The smallest absolute Gasteiger partial charge is 0.287 e. The van der Waals surface area contributed by atoms with Crippen LogP contribution in [0.25, 0.3) is 0 Å². The Bertz CT molecular complexity index is 1500. The van der Waals surface area contributed by atoms with Crippen LogP contribution in [0.1, 0.15) is 110 Å². The Labute approximate surface area is 288 Å². The molecule has 1 saturated heterocycles. The maximum Gasteiger partial charge on any atom is 0.287 e. The number of rotatable bonds is 12. The van der Waals surface area contributed by atoms with Crippen LogP contribution >= 0.6 is 0 Å². The number of carbonyl (C=O) groups excluding carboxylic acids is 6. The number of nitrogens with two attached hydrogens (primary N) is 1. The predicted molar refractivity (Wildman–Crippen MR) is 180 cm³/mol. The van der Waals surface area contributed by atoms with Crippen molar-refractivity contribution in [3.63, 3.8) is 0 Å². The first kappa shape index (κ1) is 36.4. The van der Waals surface area contributed by atoms with E-state index in [1.807, 2.05) is 20.8 Å². The van der Waals surface area contributed by atoms with Crippen LogP contribution in [0.4, 0.5) is 0 Å². The molecule has 1 unspecified atom stereocenters. The summed E-state index contributed by atoms with van der Waals surface area (Å²) in [4.78, 5) is 90.2. The molecule has 0 radical (unpaired) electrons. The van der Waals surface area contributed by atoms with Gasteiger partial charge in [-0.1, -0.05) is 74.1 Å². The van der Waals surface area contributed by atoms with Crippen molar-refractivity contribution in [3.8, 4) is 0 Å². The van der Waals surface area contributed by atoms with Crippen LogP contribution in [0, 0.1) is 33.5 Å². The third-order valence-corrected chi connectivity index (χ3v) is 12.5. The van der Waals surface area contributed by atoms with Gasteiger partial charge >= 0.3 is 0 Å². The highest BCUT2D eigenvalue weighted by Gasteiger charge is 2.85. The highest BCUT2D eigenvalue weighted by molar-refractivity contribution is 6.37. The molecule has 2 spiro atoms. The zero-order valence-corrected chi connectivity index (χ0v) is 29.9. The summed E-state index contributed by atoms with van der Waals surface area (Å²) in [6.45, 7) is 13.9. The van der Waals surface area contributed by atoms with Crippen molar-refractivity contribution in [3.05, 3.63) is 24.3 Å². The van der Waals surface area contributed by atoms with Crippen molar-refractivity contribution in [2.24, 2.45) is 39.2 Å². The summed E-state index contributed by atoms with van der Waals surface area (Å²) in [5.41, 5.74) is 4.27. The van der Waals surface area contributed by atoms with Crippen LogP contribution in [-0.2, 0) is 24.0 Å².